The van der Waals surface area contributed by atoms with Gasteiger partial charge in [-0.2, -0.15) is 0 Å². The van der Waals surface area contributed by atoms with Crippen molar-refractivity contribution in [3.63, 3.8) is 0 Å². The highest BCUT2D eigenvalue weighted by atomic mass is 79.9. The molecule has 2 nitrogen and oxygen atoms in total. The van der Waals surface area contributed by atoms with Gasteiger partial charge in [-0.15, -0.1) is 0 Å². The highest BCUT2D eigenvalue weighted by Gasteiger charge is 2.14. The Morgan fingerprint density at radius 2 is 2.00 bits per heavy atom. The third-order valence-electron chi connectivity index (χ3n) is 3.44. The lowest BCUT2D eigenvalue weighted by atomic mass is 9.90. The zero-order chi connectivity index (χ0) is 12.1. The molecule has 0 unspecified atom stereocenters. The van der Waals surface area contributed by atoms with Gasteiger partial charge in [-0.1, -0.05) is 35.2 Å². The van der Waals surface area contributed by atoms with Crippen LogP contribution in [0.5, 0.6) is 5.75 Å². The van der Waals surface area contributed by atoms with Gasteiger partial charge in [-0.3, -0.25) is 0 Å². The second-order valence-corrected chi connectivity index (χ2v) is 5.69. The molecule has 0 aromatic heterocycles. The number of hydrogen-bond donors (Lipinski definition) is 1. The van der Waals surface area contributed by atoms with Crippen molar-refractivity contribution in [2.45, 2.75) is 38.6 Å². The third kappa shape index (κ3) is 3.71. The number of benzene rings is 1. The van der Waals surface area contributed by atoms with Gasteiger partial charge in [-0.05, 0) is 37.0 Å². The molecule has 0 bridgehead atoms. The molecule has 1 saturated carbocycles. The van der Waals surface area contributed by atoms with E-state index in [1.807, 2.05) is 18.2 Å². The lowest BCUT2D eigenvalue weighted by molar-refractivity contribution is 0.207. The maximum atomic E-state index is 5.92. The third-order valence-corrected chi connectivity index (χ3v) is 3.93. The van der Waals surface area contributed by atoms with Crippen molar-refractivity contribution < 1.29 is 4.74 Å². The first-order chi connectivity index (χ1) is 8.29. The lowest BCUT2D eigenvalue weighted by Crippen LogP contribution is -2.16. The Morgan fingerprint density at radius 1 is 1.24 bits per heavy atom. The maximum absolute atomic E-state index is 5.92. The van der Waals surface area contributed by atoms with Crippen molar-refractivity contribution >= 4 is 15.9 Å². The molecular formula is C14H20BrNO. The number of hydrogen-bond acceptors (Lipinski definition) is 2. The van der Waals surface area contributed by atoms with Crippen LogP contribution in [0.25, 0.3) is 0 Å². The van der Waals surface area contributed by atoms with E-state index in [2.05, 4.69) is 15.9 Å². The summed E-state index contributed by atoms with van der Waals surface area (Å²) >= 11 is 3.45. The minimum absolute atomic E-state index is 0.527. The van der Waals surface area contributed by atoms with E-state index in [4.69, 9.17) is 10.5 Å². The summed E-state index contributed by atoms with van der Waals surface area (Å²) in [5.41, 5.74) is 6.81. The molecule has 3 heteroatoms. The molecule has 2 N–H and O–H groups in total. The van der Waals surface area contributed by atoms with Crippen LogP contribution in [-0.4, -0.2) is 6.61 Å². The van der Waals surface area contributed by atoms with Crippen LogP contribution >= 0.6 is 15.9 Å². The zero-order valence-electron chi connectivity index (χ0n) is 10.1. The van der Waals surface area contributed by atoms with E-state index in [1.54, 1.807) is 0 Å². The fourth-order valence-electron chi connectivity index (χ4n) is 2.41. The lowest BCUT2D eigenvalue weighted by Gasteiger charge is -2.22. The molecule has 1 aliphatic rings. The SMILES string of the molecule is NCc1cc(Br)ccc1OCC1CCCCC1. The fourth-order valence-corrected chi connectivity index (χ4v) is 2.82. The van der Waals surface area contributed by atoms with Gasteiger partial charge in [0.05, 0.1) is 6.61 Å². The van der Waals surface area contributed by atoms with Crippen LogP contribution in [0.1, 0.15) is 37.7 Å². The van der Waals surface area contributed by atoms with Gasteiger partial charge in [0.1, 0.15) is 5.75 Å². The smallest absolute Gasteiger partial charge is 0.123 e. The quantitative estimate of drug-likeness (QED) is 0.916. The Morgan fingerprint density at radius 3 is 2.71 bits per heavy atom. The number of rotatable bonds is 4. The Bertz CT molecular complexity index is 361. The Labute approximate surface area is 112 Å². The molecule has 1 aromatic carbocycles. The summed E-state index contributed by atoms with van der Waals surface area (Å²) in [6, 6.07) is 6.06. The predicted molar refractivity (Wildman–Crippen MR) is 74.1 cm³/mol. The average Bonchev–Trinajstić information content (AvgIpc) is 2.38. The maximum Gasteiger partial charge on any atom is 0.123 e. The molecule has 0 heterocycles. The van der Waals surface area contributed by atoms with E-state index >= 15 is 0 Å². The summed E-state index contributed by atoms with van der Waals surface area (Å²) in [6.07, 6.45) is 6.74. The molecule has 0 radical (unpaired) electrons. The molecule has 2 rings (SSSR count). The van der Waals surface area contributed by atoms with Gasteiger partial charge in [0.2, 0.25) is 0 Å². The summed E-state index contributed by atoms with van der Waals surface area (Å²) in [7, 11) is 0. The van der Waals surface area contributed by atoms with Crippen LogP contribution < -0.4 is 10.5 Å². The highest BCUT2D eigenvalue weighted by molar-refractivity contribution is 9.10. The fraction of sp³-hybridized carbons (Fsp3) is 0.571. The van der Waals surface area contributed by atoms with Crippen molar-refractivity contribution in [2.75, 3.05) is 6.61 Å². The summed E-state index contributed by atoms with van der Waals surface area (Å²) in [5.74, 6) is 1.68. The Hall–Kier alpha value is -0.540. The summed E-state index contributed by atoms with van der Waals surface area (Å²) in [5, 5.41) is 0. The molecule has 0 saturated heterocycles. The van der Waals surface area contributed by atoms with E-state index in [1.165, 1.54) is 32.1 Å². The van der Waals surface area contributed by atoms with E-state index in [0.717, 1.165) is 28.3 Å². The summed E-state index contributed by atoms with van der Waals surface area (Å²) in [4.78, 5) is 0. The minimum Gasteiger partial charge on any atom is -0.493 e. The van der Waals surface area contributed by atoms with Gasteiger partial charge in [0.25, 0.3) is 0 Å². The molecule has 17 heavy (non-hydrogen) atoms. The van der Waals surface area contributed by atoms with Crippen LogP contribution in [0, 0.1) is 5.92 Å². The van der Waals surface area contributed by atoms with Crippen molar-refractivity contribution in [3.8, 4) is 5.75 Å². The molecule has 0 spiro atoms. The monoisotopic (exact) mass is 297 g/mol. The van der Waals surface area contributed by atoms with Crippen LogP contribution in [0.15, 0.2) is 22.7 Å². The number of nitrogens with two attached hydrogens (primary N) is 1. The van der Waals surface area contributed by atoms with Gasteiger partial charge in [0.15, 0.2) is 0 Å². The topological polar surface area (TPSA) is 35.2 Å². The highest BCUT2D eigenvalue weighted by Crippen LogP contribution is 2.27. The largest absolute Gasteiger partial charge is 0.493 e. The second-order valence-electron chi connectivity index (χ2n) is 4.77. The van der Waals surface area contributed by atoms with Crippen LogP contribution in [-0.2, 0) is 6.54 Å². The van der Waals surface area contributed by atoms with E-state index in [-0.39, 0.29) is 0 Å². The molecule has 0 aliphatic heterocycles. The first-order valence-corrected chi connectivity index (χ1v) is 7.20. The summed E-state index contributed by atoms with van der Waals surface area (Å²) < 4.78 is 6.98. The molecule has 1 aliphatic carbocycles. The number of halogens is 1. The molecule has 94 valence electrons. The molecule has 0 amide bonds. The van der Waals surface area contributed by atoms with E-state index < -0.39 is 0 Å². The Balaban J connectivity index is 1.93. The van der Waals surface area contributed by atoms with Gasteiger partial charge >= 0.3 is 0 Å². The zero-order valence-corrected chi connectivity index (χ0v) is 11.7. The Kier molecular flexibility index (Phi) is 4.86. The van der Waals surface area contributed by atoms with Crippen molar-refractivity contribution in [3.05, 3.63) is 28.2 Å². The van der Waals surface area contributed by atoms with Gasteiger partial charge < -0.3 is 10.5 Å². The molecular weight excluding hydrogens is 278 g/mol. The number of ether oxygens (including phenoxy) is 1. The molecule has 1 fully saturated rings. The van der Waals surface area contributed by atoms with E-state index in [0.29, 0.717) is 6.54 Å². The second kappa shape index (κ2) is 6.41. The average molecular weight is 298 g/mol. The summed E-state index contributed by atoms with van der Waals surface area (Å²) in [6.45, 7) is 1.37. The van der Waals surface area contributed by atoms with Crippen molar-refractivity contribution in [1.29, 1.82) is 0 Å². The van der Waals surface area contributed by atoms with Crippen molar-refractivity contribution in [2.24, 2.45) is 11.7 Å². The van der Waals surface area contributed by atoms with Crippen LogP contribution in [0.4, 0.5) is 0 Å². The van der Waals surface area contributed by atoms with Gasteiger partial charge in [0, 0.05) is 16.6 Å². The van der Waals surface area contributed by atoms with Crippen LogP contribution in [0.2, 0.25) is 0 Å². The van der Waals surface area contributed by atoms with E-state index in [9.17, 15) is 0 Å². The molecule has 1 aromatic rings. The normalized spacial score (nSPS) is 17.1. The van der Waals surface area contributed by atoms with Crippen molar-refractivity contribution in [1.82, 2.24) is 0 Å². The predicted octanol–water partition coefficient (Wildman–Crippen LogP) is 3.87. The minimum atomic E-state index is 0.527. The standard InChI is InChI=1S/C14H20BrNO/c15-13-6-7-14(12(8-13)9-16)17-10-11-4-2-1-3-5-11/h6-8,11H,1-5,9-10,16H2. The molecule has 0 atom stereocenters. The first-order valence-electron chi connectivity index (χ1n) is 6.41. The van der Waals surface area contributed by atoms with Crippen LogP contribution in [0.3, 0.4) is 0 Å². The van der Waals surface area contributed by atoms with Gasteiger partial charge in [-0.25, -0.2) is 0 Å². The first kappa shape index (κ1) is 12.9.